The molecule has 0 rings (SSSR count). The number of nitrogens with one attached hydrogen (secondary N) is 2. The van der Waals surface area contributed by atoms with E-state index in [1.807, 2.05) is 0 Å². The molecule has 0 unspecified atom stereocenters. The molecule has 15 heavy (non-hydrogen) atoms. The maximum Gasteiger partial charge on any atom is 0.243 e. The summed E-state index contributed by atoms with van der Waals surface area (Å²) in [4.78, 5) is 30.3. The van der Waals surface area contributed by atoms with Gasteiger partial charge < -0.3 is 0 Å². The third-order valence-corrected chi connectivity index (χ3v) is 1.24. The third kappa shape index (κ3) is 12.9. The average molecular weight is 222 g/mol. The lowest BCUT2D eigenvalue weighted by molar-refractivity contribution is -0.132. The fourth-order valence-corrected chi connectivity index (χ4v) is 0.739. The Balaban J connectivity index is -0.000000720. The van der Waals surface area contributed by atoms with Gasteiger partial charge in [0.05, 0.1) is 14.2 Å². The van der Waals surface area contributed by atoms with Gasteiger partial charge >= 0.3 is 0 Å². The minimum atomic E-state index is -0.243. The van der Waals surface area contributed by atoms with Gasteiger partial charge in [-0.1, -0.05) is 14.9 Å². The van der Waals surface area contributed by atoms with Crippen LogP contribution in [-0.4, -0.2) is 26.0 Å². The normalized spacial score (nSPS) is 8.13. The van der Waals surface area contributed by atoms with Crippen LogP contribution in [0.2, 0.25) is 0 Å². The summed E-state index contributed by atoms with van der Waals surface area (Å²) in [7, 11) is 2.71. The van der Waals surface area contributed by atoms with Crippen molar-refractivity contribution in [2.75, 3.05) is 14.2 Å². The van der Waals surface area contributed by atoms with Crippen LogP contribution < -0.4 is 11.0 Å². The van der Waals surface area contributed by atoms with Gasteiger partial charge in [-0.2, -0.15) is 0 Å². The highest BCUT2D eigenvalue weighted by atomic mass is 16.6. The third-order valence-electron chi connectivity index (χ3n) is 1.24. The van der Waals surface area contributed by atoms with E-state index in [-0.39, 0.29) is 39.5 Å². The second-order valence-corrected chi connectivity index (χ2v) is 2.31. The molecule has 0 atom stereocenters. The van der Waals surface area contributed by atoms with Crippen molar-refractivity contribution < 1.29 is 19.3 Å². The van der Waals surface area contributed by atoms with E-state index >= 15 is 0 Å². The molecule has 0 saturated heterocycles. The summed E-state index contributed by atoms with van der Waals surface area (Å²) in [6.45, 7) is 0. The molecule has 0 spiro atoms. The second-order valence-electron chi connectivity index (χ2n) is 2.31. The van der Waals surface area contributed by atoms with Crippen LogP contribution in [0, 0.1) is 0 Å². The topological polar surface area (TPSA) is 76.7 Å². The Morgan fingerprint density at radius 3 is 1.53 bits per heavy atom. The summed E-state index contributed by atoms with van der Waals surface area (Å²) >= 11 is 0. The van der Waals surface area contributed by atoms with Gasteiger partial charge in [-0.05, 0) is 6.42 Å². The Bertz CT molecular complexity index is 155. The van der Waals surface area contributed by atoms with Gasteiger partial charge in [-0.15, -0.1) is 0 Å². The molecule has 6 heteroatoms. The van der Waals surface area contributed by atoms with Crippen LogP contribution >= 0.6 is 0 Å². The fourth-order valence-electron chi connectivity index (χ4n) is 0.739. The Morgan fingerprint density at radius 2 is 1.27 bits per heavy atom. The van der Waals surface area contributed by atoms with Crippen molar-refractivity contribution in [1.29, 1.82) is 0 Å². The van der Waals surface area contributed by atoms with Crippen LogP contribution in [-0.2, 0) is 19.3 Å². The van der Waals surface area contributed by atoms with Gasteiger partial charge in [0.15, 0.2) is 0 Å². The van der Waals surface area contributed by atoms with Crippen LogP contribution in [0.5, 0.6) is 0 Å². The molecule has 2 amide bonds. The summed E-state index contributed by atoms with van der Waals surface area (Å²) in [6, 6.07) is 0. The van der Waals surface area contributed by atoms with Gasteiger partial charge in [0, 0.05) is 12.8 Å². The van der Waals surface area contributed by atoms with E-state index in [9.17, 15) is 9.59 Å². The molecule has 0 aromatic heterocycles. The monoisotopic (exact) mass is 222 g/mol. The van der Waals surface area contributed by atoms with Crippen molar-refractivity contribution >= 4 is 11.8 Å². The van der Waals surface area contributed by atoms with Gasteiger partial charge in [0.25, 0.3) is 0 Å². The number of hydrogen-bond acceptors (Lipinski definition) is 4. The molecule has 0 aromatic carbocycles. The number of hydroxylamine groups is 2. The summed E-state index contributed by atoms with van der Waals surface area (Å²) in [5, 5.41) is 0. The summed E-state index contributed by atoms with van der Waals surface area (Å²) in [5.41, 5.74) is 4.30. The highest BCUT2D eigenvalue weighted by molar-refractivity contribution is 5.77. The Labute approximate surface area is 91.2 Å². The first-order valence-electron chi connectivity index (χ1n) is 3.84. The molecular weight excluding hydrogens is 200 g/mol. The molecule has 92 valence electrons. The van der Waals surface area contributed by atoms with E-state index in [0.29, 0.717) is 6.42 Å². The Hall–Kier alpha value is -1.14. The van der Waals surface area contributed by atoms with Crippen LogP contribution in [0.1, 0.15) is 34.1 Å². The number of rotatable bonds is 6. The van der Waals surface area contributed by atoms with Gasteiger partial charge in [-0.25, -0.2) is 11.0 Å². The van der Waals surface area contributed by atoms with Gasteiger partial charge in [0.1, 0.15) is 0 Å². The lowest BCUT2D eigenvalue weighted by Crippen LogP contribution is -2.24. The smallest absolute Gasteiger partial charge is 0.243 e. The van der Waals surface area contributed by atoms with E-state index in [2.05, 4.69) is 20.6 Å². The van der Waals surface area contributed by atoms with Crippen LogP contribution in [0.3, 0.4) is 0 Å². The highest BCUT2D eigenvalue weighted by Crippen LogP contribution is 1.94. The van der Waals surface area contributed by atoms with Crippen molar-refractivity contribution in [1.82, 2.24) is 11.0 Å². The zero-order chi connectivity index (χ0) is 10.1. The molecule has 0 fully saturated rings. The zero-order valence-electron chi connectivity index (χ0n) is 7.75. The van der Waals surface area contributed by atoms with E-state index in [1.165, 1.54) is 14.2 Å². The first kappa shape index (κ1) is 19.4. The van der Waals surface area contributed by atoms with Crippen LogP contribution in [0.4, 0.5) is 0 Å². The maximum absolute atomic E-state index is 10.8. The van der Waals surface area contributed by atoms with Crippen molar-refractivity contribution in [2.45, 2.75) is 34.1 Å². The number of hydrogen-bond donors (Lipinski definition) is 2. The largest absolute Gasteiger partial charge is 0.277 e. The number of amides is 2. The van der Waals surface area contributed by atoms with E-state index < -0.39 is 0 Å². The molecule has 0 aliphatic heterocycles. The molecule has 0 aliphatic rings. The van der Waals surface area contributed by atoms with Crippen LogP contribution in [0.25, 0.3) is 0 Å². The summed E-state index contributed by atoms with van der Waals surface area (Å²) in [5.74, 6) is -0.486. The Morgan fingerprint density at radius 1 is 0.933 bits per heavy atom. The number of carbonyl (C=O) groups is 2. The maximum atomic E-state index is 10.8. The Kier molecular flexibility index (Phi) is 16.7. The first-order valence-corrected chi connectivity index (χ1v) is 3.84. The van der Waals surface area contributed by atoms with Crippen molar-refractivity contribution in [3.05, 3.63) is 0 Å². The van der Waals surface area contributed by atoms with Gasteiger partial charge in [-0.3, -0.25) is 19.3 Å². The van der Waals surface area contributed by atoms with Crippen LogP contribution in [0.15, 0.2) is 0 Å². The summed E-state index contributed by atoms with van der Waals surface area (Å²) < 4.78 is 0. The molecule has 0 aliphatic carbocycles. The minimum absolute atomic E-state index is 0. The molecule has 0 heterocycles. The highest BCUT2D eigenvalue weighted by Gasteiger charge is 2.03. The number of carbonyl (C=O) groups excluding carboxylic acids is 2. The predicted octanol–water partition coefficient (Wildman–Crippen LogP) is 0.784. The lowest BCUT2D eigenvalue weighted by atomic mass is 10.2. The fraction of sp³-hybridized carbons (Fsp3) is 0.778. The molecule has 6 nitrogen and oxygen atoms in total. The molecule has 0 aromatic rings. The summed E-state index contributed by atoms with van der Waals surface area (Å²) in [6.07, 6.45) is 0.973. The average Bonchev–Trinajstić information content (AvgIpc) is 2.05. The molecule has 0 radical (unpaired) electrons. The SMILES string of the molecule is C.C.CONC(=O)CCCC(=O)NOC. The molecular formula is C9H22N2O4. The van der Waals surface area contributed by atoms with Crippen molar-refractivity contribution in [2.24, 2.45) is 0 Å². The van der Waals surface area contributed by atoms with Crippen molar-refractivity contribution in [3.63, 3.8) is 0 Å². The lowest BCUT2D eigenvalue weighted by Gasteiger charge is -2.02. The second kappa shape index (κ2) is 12.9. The molecule has 0 bridgehead atoms. The van der Waals surface area contributed by atoms with Crippen molar-refractivity contribution in [3.8, 4) is 0 Å². The zero-order valence-corrected chi connectivity index (χ0v) is 7.75. The van der Waals surface area contributed by atoms with E-state index in [4.69, 9.17) is 0 Å². The molecule has 0 saturated carbocycles. The minimum Gasteiger partial charge on any atom is -0.277 e. The van der Waals surface area contributed by atoms with Gasteiger partial charge in [0.2, 0.25) is 11.8 Å². The quantitative estimate of drug-likeness (QED) is 0.651. The molecule has 2 N–H and O–H groups in total. The van der Waals surface area contributed by atoms with E-state index in [0.717, 1.165) is 0 Å². The first-order chi connectivity index (χ1) is 6.20. The predicted molar refractivity (Wildman–Crippen MR) is 57.6 cm³/mol. The van der Waals surface area contributed by atoms with E-state index in [1.54, 1.807) is 0 Å². The standard InChI is InChI=1S/C7H14N2O4.2CH4/c1-12-8-6(10)4-3-5-7(11)9-13-2;;/h3-5H2,1-2H3,(H,8,10)(H,9,11);2*1H4.